The molecule has 2 aromatic carbocycles. The van der Waals surface area contributed by atoms with E-state index in [0.29, 0.717) is 22.3 Å². The van der Waals surface area contributed by atoms with E-state index >= 15 is 0 Å². The average molecular weight is 474 g/mol. The van der Waals surface area contributed by atoms with Gasteiger partial charge in [0.15, 0.2) is 0 Å². The Hall–Kier alpha value is -3.89. The molecule has 2 aliphatic heterocycles. The minimum atomic E-state index is -4.52. The van der Waals surface area contributed by atoms with Gasteiger partial charge in [0.25, 0.3) is 5.91 Å². The normalized spacial score (nSPS) is 17.9. The number of alkyl halides is 3. The second-order valence-corrected chi connectivity index (χ2v) is 8.23. The molecule has 0 aliphatic carbocycles. The summed E-state index contributed by atoms with van der Waals surface area (Å²) >= 11 is 0. The van der Waals surface area contributed by atoms with Crippen LogP contribution in [0.5, 0.6) is 0 Å². The molecule has 2 aromatic rings. The lowest BCUT2D eigenvalue weighted by Gasteiger charge is -2.29. The summed E-state index contributed by atoms with van der Waals surface area (Å²) in [6.07, 6.45) is -4.11. The number of carbonyl (C=O) groups is 4. The van der Waals surface area contributed by atoms with Crippen molar-refractivity contribution in [2.24, 2.45) is 0 Å². The summed E-state index contributed by atoms with van der Waals surface area (Å²) in [5.41, 5.74) is 1.46. The van der Waals surface area contributed by atoms with Gasteiger partial charge in [0.2, 0.25) is 11.8 Å². The molecular formula is C23H21F3N4O4. The fraction of sp³-hybridized carbons (Fsp3) is 0.304. The number of carbonyl (C=O) groups excluding carboxylic acids is 4. The quantitative estimate of drug-likeness (QED) is 0.592. The van der Waals surface area contributed by atoms with E-state index in [1.54, 1.807) is 25.1 Å². The standard InChI is InChI=1S/C23H21F3N4O4/c1-12-2-4-15(23(24,25)26)9-17(12)28-22(34)27-10-13-3-5-16-14(8-13)11-30(21(16)33)18-6-7-19(31)29-20(18)32/h2-5,8-9,18H,6-7,10-11H2,1H3,(H2,27,28,34)(H,29,31,32). The third kappa shape index (κ3) is 4.73. The molecule has 1 unspecified atom stereocenters. The first-order valence-corrected chi connectivity index (χ1v) is 10.5. The van der Waals surface area contributed by atoms with Crippen molar-refractivity contribution in [1.29, 1.82) is 0 Å². The van der Waals surface area contributed by atoms with Crippen molar-refractivity contribution < 1.29 is 32.3 Å². The molecule has 8 nitrogen and oxygen atoms in total. The van der Waals surface area contributed by atoms with Gasteiger partial charge in [-0.2, -0.15) is 13.2 Å². The molecule has 3 N–H and O–H groups in total. The molecule has 178 valence electrons. The number of nitrogens with zero attached hydrogens (tertiary/aromatic N) is 1. The van der Waals surface area contributed by atoms with Gasteiger partial charge in [-0.25, -0.2) is 4.79 Å². The second kappa shape index (κ2) is 8.81. The summed E-state index contributed by atoms with van der Waals surface area (Å²) in [7, 11) is 0. The molecule has 2 aliphatic rings. The lowest BCUT2D eigenvalue weighted by Crippen LogP contribution is -2.52. The summed E-state index contributed by atoms with van der Waals surface area (Å²) in [5, 5.41) is 7.26. The molecule has 4 rings (SSSR count). The Balaban J connectivity index is 1.39. The molecule has 0 bridgehead atoms. The molecule has 1 fully saturated rings. The maximum atomic E-state index is 12.9. The van der Waals surface area contributed by atoms with Crippen LogP contribution in [-0.4, -0.2) is 34.7 Å². The van der Waals surface area contributed by atoms with Crippen LogP contribution < -0.4 is 16.0 Å². The first-order chi connectivity index (χ1) is 16.0. The number of imide groups is 1. The van der Waals surface area contributed by atoms with Crippen LogP contribution in [0.4, 0.5) is 23.7 Å². The van der Waals surface area contributed by atoms with Gasteiger partial charge in [0.1, 0.15) is 6.04 Å². The van der Waals surface area contributed by atoms with Crippen molar-refractivity contribution >= 4 is 29.4 Å². The van der Waals surface area contributed by atoms with Gasteiger partial charge in [-0.15, -0.1) is 0 Å². The molecule has 1 atom stereocenters. The Morgan fingerprint density at radius 2 is 1.91 bits per heavy atom. The Morgan fingerprint density at radius 1 is 1.15 bits per heavy atom. The van der Waals surface area contributed by atoms with Crippen molar-refractivity contribution in [3.63, 3.8) is 0 Å². The van der Waals surface area contributed by atoms with Crippen LogP contribution in [0, 0.1) is 6.92 Å². The number of hydrogen-bond acceptors (Lipinski definition) is 4. The first-order valence-electron chi connectivity index (χ1n) is 10.5. The van der Waals surface area contributed by atoms with E-state index in [9.17, 15) is 32.3 Å². The Morgan fingerprint density at radius 3 is 2.62 bits per heavy atom. The second-order valence-electron chi connectivity index (χ2n) is 8.23. The zero-order chi connectivity index (χ0) is 24.6. The Bertz CT molecular complexity index is 1200. The molecule has 34 heavy (non-hydrogen) atoms. The van der Waals surface area contributed by atoms with E-state index < -0.39 is 29.7 Å². The van der Waals surface area contributed by atoms with Crippen molar-refractivity contribution in [2.75, 3.05) is 5.32 Å². The molecule has 11 heteroatoms. The van der Waals surface area contributed by atoms with Gasteiger partial charge in [-0.1, -0.05) is 18.2 Å². The first kappa shape index (κ1) is 23.3. The van der Waals surface area contributed by atoms with Crippen LogP contribution in [0.1, 0.15) is 45.5 Å². The third-order valence-corrected chi connectivity index (χ3v) is 5.85. The Kier molecular flexibility index (Phi) is 6.03. The molecule has 5 amide bonds. The average Bonchev–Trinajstić information content (AvgIpc) is 3.08. The van der Waals surface area contributed by atoms with Crippen LogP contribution in [0.3, 0.4) is 0 Å². The number of fused-ring (bicyclic) bond motifs is 1. The van der Waals surface area contributed by atoms with E-state index in [1.807, 2.05) is 0 Å². The van der Waals surface area contributed by atoms with E-state index in [1.165, 1.54) is 11.0 Å². The lowest BCUT2D eigenvalue weighted by molar-refractivity contribution is -0.138. The summed E-state index contributed by atoms with van der Waals surface area (Å²) in [5.74, 6) is -1.17. The van der Waals surface area contributed by atoms with Gasteiger partial charge >= 0.3 is 12.2 Å². The number of benzene rings is 2. The van der Waals surface area contributed by atoms with Gasteiger partial charge in [-0.05, 0) is 48.2 Å². The Labute approximate surface area is 192 Å². The summed E-state index contributed by atoms with van der Waals surface area (Å²) < 4.78 is 38.8. The number of nitrogens with one attached hydrogen (secondary N) is 3. The van der Waals surface area contributed by atoms with Crippen molar-refractivity contribution in [3.05, 3.63) is 64.2 Å². The topological polar surface area (TPSA) is 108 Å². The van der Waals surface area contributed by atoms with Gasteiger partial charge < -0.3 is 15.5 Å². The highest BCUT2D eigenvalue weighted by atomic mass is 19.4. The molecule has 2 heterocycles. The summed E-state index contributed by atoms with van der Waals surface area (Å²) in [4.78, 5) is 49.9. The van der Waals surface area contributed by atoms with Crippen LogP contribution in [0.15, 0.2) is 36.4 Å². The number of anilines is 1. The SMILES string of the molecule is Cc1ccc(C(F)(F)F)cc1NC(=O)NCc1ccc2c(c1)CN(C1CCC(=O)NC1=O)C2=O. The number of aryl methyl sites for hydroxylation is 1. The minimum Gasteiger partial charge on any atom is -0.334 e. The molecule has 0 saturated carbocycles. The third-order valence-electron chi connectivity index (χ3n) is 5.85. The maximum absolute atomic E-state index is 12.9. The van der Waals surface area contributed by atoms with Crippen molar-refractivity contribution in [3.8, 4) is 0 Å². The number of piperidine rings is 1. The molecule has 0 radical (unpaired) electrons. The lowest BCUT2D eigenvalue weighted by atomic mass is 10.0. The number of urea groups is 1. The van der Waals surface area contributed by atoms with Crippen LogP contribution in [0.25, 0.3) is 0 Å². The smallest absolute Gasteiger partial charge is 0.334 e. The zero-order valence-corrected chi connectivity index (χ0v) is 18.1. The summed E-state index contributed by atoms with van der Waals surface area (Å²) in [6, 6.07) is 6.70. The number of hydrogen-bond donors (Lipinski definition) is 3. The van der Waals surface area contributed by atoms with Gasteiger partial charge in [0, 0.05) is 30.8 Å². The fourth-order valence-corrected chi connectivity index (χ4v) is 4.02. The minimum absolute atomic E-state index is 0.0479. The van der Waals surface area contributed by atoms with E-state index in [2.05, 4.69) is 16.0 Å². The molecule has 0 aromatic heterocycles. The van der Waals surface area contributed by atoms with Gasteiger partial charge in [-0.3, -0.25) is 19.7 Å². The molecule has 0 spiro atoms. The monoisotopic (exact) mass is 474 g/mol. The highest BCUT2D eigenvalue weighted by molar-refractivity contribution is 6.05. The van der Waals surface area contributed by atoms with Crippen molar-refractivity contribution in [1.82, 2.24) is 15.5 Å². The van der Waals surface area contributed by atoms with E-state index in [0.717, 1.165) is 12.1 Å². The predicted molar refractivity (Wildman–Crippen MR) is 115 cm³/mol. The molecule has 1 saturated heterocycles. The highest BCUT2D eigenvalue weighted by Gasteiger charge is 2.39. The van der Waals surface area contributed by atoms with E-state index in [4.69, 9.17) is 0 Å². The number of amides is 5. The number of rotatable bonds is 4. The summed E-state index contributed by atoms with van der Waals surface area (Å²) in [6.45, 7) is 1.86. The van der Waals surface area contributed by atoms with E-state index in [-0.39, 0.29) is 43.4 Å². The fourth-order valence-electron chi connectivity index (χ4n) is 4.02. The molecular weight excluding hydrogens is 453 g/mol. The van der Waals surface area contributed by atoms with Crippen LogP contribution in [0.2, 0.25) is 0 Å². The zero-order valence-electron chi connectivity index (χ0n) is 18.1. The number of halogens is 3. The predicted octanol–water partition coefficient (Wildman–Crippen LogP) is 3.10. The van der Waals surface area contributed by atoms with Crippen molar-refractivity contribution in [2.45, 2.75) is 45.1 Å². The van der Waals surface area contributed by atoms with Gasteiger partial charge in [0.05, 0.1) is 5.56 Å². The highest BCUT2D eigenvalue weighted by Crippen LogP contribution is 2.32. The maximum Gasteiger partial charge on any atom is 0.416 e. The largest absolute Gasteiger partial charge is 0.416 e. The van der Waals surface area contributed by atoms with Crippen LogP contribution in [-0.2, 0) is 28.9 Å². The van der Waals surface area contributed by atoms with Crippen LogP contribution >= 0.6 is 0 Å².